The number of aliphatic hydroxyl groups is 2. The predicted molar refractivity (Wildman–Crippen MR) is 56.8 cm³/mol. The first kappa shape index (κ1) is 14.5. The number of esters is 1. The smallest absolute Gasteiger partial charge is 0.321 e. The molecule has 0 heterocycles. The zero-order chi connectivity index (χ0) is 11.8. The van der Waals surface area contributed by atoms with Crippen molar-refractivity contribution < 1.29 is 24.0 Å². The van der Waals surface area contributed by atoms with Crippen LogP contribution in [-0.4, -0.2) is 50.7 Å². The van der Waals surface area contributed by atoms with E-state index < -0.39 is 34.7 Å². The van der Waals surface area contributed by atoms with Gasteiger partial charge in [-0.15, -0.1) is 0 Å². The van der Waals surface area contributed by atoms with E-state index in [1.54, 1.807) is 13.8 Å². The Morgan fingerprint density at radius 3 is 2.47 bits per heavy atom. The molecule has 0 amide bonds. The van der Waals surface area contributed by atoms with E-state index in [0.717, 1.165) is 0 Å². The topological polar surface area (TPSA) is 83.8 Å². The van der Waals surface area contributed by atoms with E-state index in [-0.39, 0.29) is 12.4 Å². The lowest BCUT2D eigenvalue weighted by Gasteiger charge is -2.14. The Bertz CT molecular complexity index is 219. The standard InChI is InChI=1S/C9H18O5S/c1-3-8(9(12)14-4-2)15(13)6-7(11)5-10/h7-8,10-11H,3-6H2,1-2H3. The van der Waals surface area contributed by atoms with Gasteiger partial charge in [-0.1, -0.05) is 6.92 Å². The minimum absolute atomic E-state index is 0.103. The van der Waals surface area contributed by atoms with Gasteiger partial charge in [0.05, 0.1) is 25.1 Å². The van der Waals surface area contributed by atoms with E-state index in [2.05, 4.69) is 0 Å². The van der Waals surface area contributed by atoms with Crippen molar-refractivity contribution in [1.29, 1.82) is 0 Å². The lowest BCUT2D eigenvalue weighted by molar-refractivity contribution is -0.142. The van der Waals surface area contributed by atoms with Crippen LogP contribution in [0.5, 0.6) is 0 Å². The van der Waals surface area contributed by atoms with E-state index in [1.807, 2.05) is 0 Å². The molecule has 0 aromatic heterocycles. The number of rotatable bonds is 7. The van der Waals surface area contributed by atoms with Gasteiger partial charge >= 0.3 is 5.97 Å². The third-order valence-electron chi connectivity index (χ3n) is 1.81. The van der Waals surface area contributed by atoms with Crippen LogP contribution in [0.3, 0.4) is 0 Å². The number of aliphatic hydroxyl groups excluding tert-OH is 2. The molecule has 0 rings (SSSR count). The van der Waals surface area contributed by atoms with Crippen LogP contribution in [0.4, 0.5) is 0 Å². The summed E-state index contributed by atoms with van der Waals surface area (Å²) in [6, 6.07) is 0. The second-order valence-corrected chi connectivity index (χ2v) is 4.70. The van der Waals surface area contributed by atoms with Gasteiger partial charge in [0, 0.05) is 10.8 Å². The van der Waals surface area contributed by atoms with Crippen LogP contribution in [0.1, 0.15) is 20.3 Å². The van der Waals surface area contributed by atoms with Crippen LogP contribution < -0.4 is 0 Å². The highest BCUT2D eigenvalue weighted by Gasteiger charge is 2.25. The number of carbonyl (C=O) groups is 1. The predicted octanol–water partition coefficient (Wildman–Crippen LogP) is -0.570. The van der Waals surface area contributed by atoms with Crippen molar-refractivity contribution in [3.8, 4) is 0 Å². The lowest BCUT2D eigenvalue weighted by Crippen LogP contribution is -2.33. The Morgan fingerprint density at radius 1 is 1.47 bits per heavy atom. The second-order valence-electron chi connectivity index (χ2n) is 3.03. The van der Waals surface area contributed by atoms with Gasteiger partial charge in [0.15, 0.2) is 0 Å². The largest absolute Gasteiger partial charge is 0.465 e. The summed E-state index contributed by atoms with van der Waals surface area (Å²) in [5.41, 5.74) is 0. The first-order valence-corrected chi connectivity index (χ1v) is 6.27. The van der Waals surface area contributed by atoms with Crippen molar-refractivity contribution >= 4 is 16.8 Å². The number of carbonyl (C=O) groups excluding carboxylic acids is 1. The van der Waals surface area contributed by atoms with Crippen LogP contribution in [0.25, 0.3) is 0 Å². The summed E-state index contributed by atoms with van der Waals surface area (Å²) >= 11 is 0. The quantitative estimate of drug-likeness (QED) is 0.580. The van der Waals surface area contributed by atoms with Crippen LogP contribution in [0, 0.1) is 0 Å². The minimum Gasteiger partial charge on any atom is -0.465 e. The van der Waals surface area contributed by atoms with Crippen molar-refractivity contribution in [2.45, 2.75) is 31.6 Å². The molecule has 0 radical (unpaired) electrons. The van der Waals surface area contributed by atoms with Gasteiger partial charge in [-0.25, -0.2) is 0 Å². The van der Waals surface area contributed by atoms with E-state index >= 15 is 0 Å². The molecule has 2 N–H and O–H groups in total. The molecule has 0 aromatic rings. The van der Waals surface area contributed by atoms with Crippen molar-refractivity contribution in [3.63, 3.8) is 0 Å². The van der Waals surface area contributed by atoms with Crippen molar-refractivity contribution in [3.05, 3.63) is 0 Å². The molecule has 3 unspecified atom stereocenters. The van der Waals surface area contributed by atoms with E-state index in [9.17, 15) is 9.00 Å². The fourth-order valence-corrected chi connectivity index (χ4v) is 2.42. The molecule has 0 aliphatic rings. The summed E-state index contributed by atoms with van der Waals surface area (Å²) in [6.45, 7) is 3.20. The van der Waals surface area contributed by atoms with Crippen LogP contribution >= 0.6 is 0 Å². The van der Waals surface area contributed by atoms with Gasteiger partial charge in [-0.2, -0.15) is 0 Å². The fourth-order valence-electron chi connectivity index (χ4n) is 1.05. The summed E-state index contributed by atoms with van der Waals surface area (Å²) in [6.07, 6.45) is -0.654. The molecule has 0 saturated heterocycles. The Kier molecular flexibility index (Phi) is 7.54. The molecule has 3 atom stereocenters. The highest BCUT2D eigenvalue weighted by atomic mass is 32.2. The molecule has 5 nitrogen and oxygen atoms in total. The molecule has 0 aliphatic heterocycles. The Hall–Kier alpha value is -0.460. The van der Waals surface area contributed by atoms with Crippen molar-refractivity contribution in [1.82, 2.24) is 0 Å². The summed E-state index contributed by atoms with van der Waals surface area (Å²) in [5, 5.41) is 17.0. The SMILES string of the molecule is CCOC(=O)C(CC)S(=O)CC(O)CO. The highest BCUT2D eigenvalue weighted by molar-refractivity contribution is 7.86. The fraction of sp³-hybridized carbons (Fsp3) is 0.889. The molecule has 0 aliphatic carbocycles. The van der Waals surface area contributed by atoms with Crippen LogP contribution in [-0.2, 0) is 20.3 Å². The molecule has 0 spiro atoms. The summed E-state index contributed by atoms with van der Waals surface area (Å²) in [7, 11) is -1.50. The maximum atomic E-state index is 11.6. The zero-order valence-corrected chi connectivity index (χ0v) is 9.83. The monoisotopic (exact) mass is 238 g/mol. The number of hydrogen-bond acceptors (Lipinski definition) is 5. The molecular formula is C9H18O5S. The van der Waals surface area contributed by atoms with Crippen LogP contribution in [0.15, 0.2) is 0 Å². The molecule has 0 fully saturated rings. The Morgan fingerprint density at radius 2 is 2.07 bits per heavy atom. The minimum atomic E-state index is -1.50. The van der Waals surface area contributed by atoms with Gasteiger partial charge in [-0.3, -0.25) is 9.00 Å². The number of hydrogen-bond donors (Lipinski definition) is 2. The van der Waals surface area contributed by atoms with Crippen molar-refractivity contribution in [2.24, 2.45) is 0 Å². The summed E-state index contributed by atoms with van der Waals surface area (Å²) in [5.74, 6) is -0.614. The molecule has 0 saturated carbocycles. The normalized spacial score (nSPS) is 16.8. The van der Waals surface area contributed by atoms with Crippen molar-refractivity contribution in [2.75, 3.05) is 19.0 Å². The van der Waals surface area contributed by atoms with Gasteiger partial charge in [0.1, 0.15) is 5.25 Å². The molecule has 0 aromatic carbocycles. The van der Waals surface area contributed by atoms with Gasteiger partial charge in [0.2, 0.25) is 0 Å². The molecule has 15 heavy (non-hydrogen) atoms. The van der Waals surface area contributed by atoms with Gasteiger partial charge in [-0.05, 0) is 13.3 Å². The first-order chi connectivity index (χ1) is 7.06. The third kappa shape index (κ3) is 5.25. The second kappa shape index (κ2) is 7.78. The summed E-state index contributed by atoms with van der Waals surface area (Å²) < 4.78 is 16.4. The maximum Gasteiger partial charge on any atom is 0.321 e. The van der Waals surface area contributed by atoms with Gasteiger partial charge < -0.3 is 14.9 Å². The third-order valence-corrected chi connectivity index (χ3v) is 3.68. The Balaban J connectivity index is 4.27. The van der Waals surface area contributed by atoms with E-state index in [1.165, 1.54) is 0 Å². The average molecular weight is 238 g/mol. The van der Waals surface area contributed by atoms with E-state index in [0.29, 0.717) is 6.42 Å². The lowest BCUT2D eigenvalue weighted by atomic mass is 10.3. The Labute approximate surface area is 91.9 Å². The van der Waals surface area contributed by atoms with Crippen LogP contribution in [0.2, 0.25) is 0 Å². The van der Waals surface area contributed by atoms with E-state index in [4.69, 9.17) is 14.9 Å². The summed E-state index contributed by atoms with van der Waals surface area (Å²) in [4.78, 5) is 11.3. The van der Waals surface area contributed by atoms with Gasteiger partial charge in [0.25, 0.3) is 0 Å². The average Bonchev–Trinajstić information content (AvgIpc) is 2.19. The maximum absolute atomic E-state index is 11.6. The number of ether oxygens (including phenoxy) is 1. The highest BCUT2D eigenvalue weighted by Crippen LogP contribution is 2.06. The molecule has 90 valence electrons. The first-order valence-electron chi connectivity index (χ1n) is 4.89. The molecule has 0 bridgehead atoms. The molecular weight excluding hydrogens is 220 g/mol. The zero-order valence-electron chi connectivity index (χ0n) is 9.01. The molecule has 6 heteroatoms.